The second-order valence-electron chi connectivity index (χ2n) is 4.06. The summed E-state index contributed by atoms with van der Waals surface area (Å²) in [6.07, 6.45) is 1.35. The standard InChI is InChI=1S/C11H14N2S/c12-10-3-1-2-4-11(10)13-6-9-5-8(13)7-14-9/h1-4,8-9H,5-7,12H2. The lowest BCUT2D eigenvalue weighted by atomic mass is 10.2. The zero-order chi connectivity index (χ0) is 9.54. The van der Waals surface area contributed by atoms with Crippen LogP contribution >= 0.6 is 11.8 Å². The highest BCUT2D eigenvalue weighted by molar-refractivity contribution is 8.00. The lowest BCUT2D eigenvalue weighted by Gasteiger charge is -2.29. The second-order valence-corrected chi connectivity index (χ2v) is 5.39. The number of nitrogens with two attached hydrogens (primary N) is 1. The minimum Gasteiger partial charge on any atom is -0.397 e. The average Bonchev–Trinajstić information content (AvgIpc) is 2.79. The van der Waals surface area contributed by atoms with E-state index in [0.29, 0.717) is 0 Å². The summed E-state index contributed by atoms with van der Waals surface area (Å²) in [6, 6.07) is 8.94. The normalized spacial score (nSPS) is 29.9. The molecule has 2 unspecified atom stereocenters. The largest absolute Gasteiger partial charge is 0.397 e. The molecule has 2 atom stereocenters. The number of nitrogens with zero attached hydrogens (tertiary/aromatic N) is 1. The molecule has 3 heteroatoms. The molecule has 0 aliphatic carbocycles. The fourth-order valence-corrected chi connectivity index (χ4v) is 3.88. The number of rotatable bonds is 1. The van der Waals surface area contributed by atoms with Gasteiger partial charge in [0.2, 0.25) is 0 Å². The third-order valence-corrected chi connectivity index (χ3v) is 4.54. The van der Waals surface area contributed by atoms with Crippen molar-refractivity contribution in [1.29, 1.82) is 0 Å². The molecule has 2 heterocycles. The Kier molecular flexibility index (Phi) is 1.87. The molecule has 74 valence electrons. The van der Waals surface area contributed by atoms with Gasteiger partial charge in [-0.15, -0.1) is 0 Å². The molecule has 2 aliphatic rings. The van der Waals surface area contributed by atoms with E-state index < -0.39 is 0 Å². The number of hydrogen-bond donors (Lipinski definition) is 1. The molecule has 0 spiro atoms. The van der Waals surface area contributed by atoms with Crippen LogP contribution in [-0.2, 0) is 0 Å². The minimum absolute atomic E-state index is 0.731. The maximum atomic E-state index is 5.98. The van der Waals surface area contributed by atoms with Gasteiger partial charge in [-0.25, -0.2) is 0 Å². The number of para-hydroxylation sites is 2. The van der Waals surface area contributed by atoms with Crippen LogP contribution in [-0.4, -0.2) is 23.6 Å². The molecule has 2 fully saturated rings. The summed E-state index contributed by atoms with van der Waals surface area (Å²) < 4.78 is 0. The van der Waals surface area contributed by atoms with Crippen molar-refractivity contribution in [2.45, 2.75) is 17.7 Å². The third kappa shape index (κ3) is 1.19. The SMILES string of the molecule is Nc1ccccc1N1CC2CC1CS2. The number of nitrogen functional groups attached to an aromatic ring is 1. The molecule has 2 nitrogen and oxygen atoms in total. The average molecular weight is 206 g/mol. The first kappa shape index (κ1) is 8.48. The molecule has 14 heavy (non-hydrogen) atoms. The van der Waals surface area contributed by atoms with Gasteiger partial charge in [-0.05, 0) is 18.6 Å². The fraction of sp³-hybridized carbons (Fsp3) is 0.455. The van der Waals surface area contributed by atoms with E-state index in [1.165, 1.54) is 24.4 Å². The van der Waals surface area contributed by atoms with Crippen LogP contribution in [0.2, 0.25) is 0 Å². The van der Waals surface area contributed by atoms with Gasteiger partial charge in [-0.2, -0.15) is 11.8 Å². The molecule has 0 radical (unpaired) electrons. The molecule has 3 rings (SSSR count). The first-order chi connectivity index (χ1) is 6.84. The highest BCUT2D eigenvalue weighted by Gasteiger charge is 2.38. The minimum atomic E-state index is 0.731. The van der Waals surface area contributed by atoms with Crippen LogP contribution in [0.15, 0.2) is 24.3 Å². The smallest absolute Gasteiger partial charge is 0.0603 e. The Morgan fingerprint density at radius 2 is 2.21 bits per heavy atom. The Bertz CT molecular complexity index is 353. The maximum Gasteiger partial charge on any atom is 0.0603 e. The Labute approximate surface area is 88.5 Å². The van der Waals surface area contributed by atoms with Crippen molar-refractivity contribution in [2.24, 2.45) is 0 Å². The molecule has 0 aromatic heterocycles. The Morgan fingerprint density at radius 1 is 1.36 bits per heavy atom. The molecule has 1 aromatic rings. The van der Waals surface area contributed by atoms with Crippen molar-refractivity contribution in [3.8, 4) is 0 Å². The first-order valence-corrected chi connectivity index (χ1v) is 6.12. The summed E-state index contributed by atoms with van der Waals surface area (Å²) in [7, 11) is 0. The molecule has 0 amide bonds. The molecular formula is C11H14N2S. The van der Waals surface area contributed by atoms with Gasteiger partial charge >= 0.3 is 0 Å². The fourth-order valence-electron chi connectivity index (χ4n) is 2.44. The van der Waals surface area contributed by atoms with Crippen molar-refractivity contribution in [2.75, 3.05) is 22.9 Å². The molecule has 2 N–H and O–H groups in total. The maximum absolute atomic E-state index is 5.98. The number of hydrogen-bond acceptors (Lipinski definition) is 3. The van der Waals surface area contributed by atoms with Gasteiger partial charge in [-0.1, -0.05) is 12.1 Å². The summed E-state index contributed by atoms with van der Waals surface area (Å²) in [5, 5.41) is 0.847. The Morgan fingerprint density at radius 3 is 2.86 bits per heavy atom. The predicted molar refractivity (Wildman–Crippen MR) is 62.9 cm³/mol. The van der Waals surface area contributed by atoms with Crippen molar-refractivity contribution >= 4 is 23.1 Å². The van der Waals surface area contributed by atoms with Crippen molar-refractivity contribution in [1.82, 2.24) is 0 Å². The van der Waals surface area contributed by atoms with E-state index in [0.717, 1.165) is 17.0 Å². The van der Waals surface area contributed by atoms with E-state index in [9.17, 15) is 0 Å². The summed E-state index contributed by atoms with van der Waals surface area (Å²) in [4.78, 5) is 2.48. The van der Waals surface area contributed by atoms with E-state index in [1.807, 2.05) is 12.1 Å². The zero-order valence-electron chi connectivity index (χ0n) is 8.02. The van der Waals surface area contributed by atoms with E-state index in [4.69, 9.17) is 5.73 Å². The molecular weight excluding hydrogens is 192 g/mol. The van der Waals surface area contributed by atoms with Crippen LogP contribution in [0.4, 0.5) is 11.4 Å². The predicted octanol–water partition coefficient (Wildman–Crippen LogP) is 1.96. The zero-order valence-corrected chi connectivity index (χ0v) is 8.83. The van der Waals surface area contributed by atoms with Crippen LogP contribution in [0.5, 0.6) is 0 Å². The highest BCUT2D eigenvalue weighted by Crippen LogP contribution is 2.41. The first-order valence-electron chi connectivity index (χ1n) is 5.07. The van der Waals surface area contributed by atoms with Crippen LogP contribution in [0.3, 0.4) is 0 Å². The van der Waals surface area contributed by atoms with E-state index in [-0.39, 0.29) is 0 Å². The molecule has 2 aliphatic heterocycles. The van der Waals surface area contributed by atoms with Crippen LogP contribution in [0, 0.1) is 0 Å². The second kappa shape index (κ2) is 3.09. The summed E-state index contributed by atoms with van der Waals surface area (Å²) >= 11 is 2.11. The van der Waals surface area contributed by atoms with Crippen molar-refractivity contribution in [3.05, 3.63) is 24.3 Å². The Balaban J connectivity index is 1.93. The van der Waals surface area contributed by atoms with Gasteiger partial charge in [0.25, 0.3) is 0 Å². The van der Waals surface area contributed by atoms with Crippen LogP contribution < -0.4 is 10.6 Å². The molecule has 2 saturated heterocycles. The van der Waals surface area contributed by atoms with Gasteiger partial charge < -0.3 is 10.6 Å². The molecule has 2 bridgehead atoms. The highest BCUT2D eigenvalue weighted by atomic mass is 32.2. The monoisotopic (exact) mass is 206 g/mol. The summed E-state index contributed by atoms with van der Waals surface area (Å²) in [5.41, 5.74) is 8.14. The molecule has 1 aromatic carbocycles. The van der Waals surface area contributed by atoms with Gasteiger partial charge in [0.1, 0.15) is 0 Å². The van der Waals surface area contributed by atoms with Crippen LogP contribution in [0.25, 0.3) is 0 Å². The van der Waals surface area contributed by atoms with Gasteiger partial charge in [-0.3, -0.25) is 0 Å². The summed E-state index contributed by atoms with van der Waals surface area (Å²) in [5.74, 6) is 1.28. The number of fused-ring (bicyclic) bond motifs is 2. The lowest BCUT2D eigenvalue weighted by molar-refractivity contribution is 0.764. The molecule has 0 saturated carbocycles. The number of thioether (sulfide) groups is 1. The quantitative estimate of drug-likeness (QED) is 0.712. The number of anilines is 2. The van der Waals surface area contributed by atoms with E-state index in [2.05, 4.69) is 28.8 Å². The topological polar surface area (TPSA) is 29.3 Å². The van der Waals surface area contributed by atoms with Crippen molar-refractivity contribution < 1.29 is 0 Å². The van der Waals surface area contributed by atoms with Crippen molar-refractivity contribution in [3.63, 3.8) is 0 Å². The van der Waals surface area contributed by atoms with E-state index >= 15 is 0 Å². The van der Waals surface area contributed by atoms with Gasteiger partial charge in [0.05, 0.1) is 11.4 Å². The number of benzene rings is 1. The van der Waals surface area contributed by atoms with Gasteiger partial charge in [0.15, 0.2) is 0 Å². The summed E-state index contributed by atoms with van der Waals surface area (Å²) in [6.45, 7) is 1.18. The lowest BCUT2D eigenvalue weighted by Crippen LogP contribution is -2.34. The van der Waals surface area contributed by atoms with Gasteiger partial charge in [0, 0.05) is 23.6 Å². The Hall–Kier alpha value is -0.830. The van der Waals surface area contributed by atoms with Crippen LogP contribution in [0.1, 0.15) is 6.42 Å². The van der Waals surface area contributed by atoms with E-state index in [1.54, 1.807) is 0 Å². The third-order valence-electron chi connectivity index (χ3n) is 3.15.